The Labute approximate surface area is 143 Å². The van der Waals surface area contributed by atoms with E-state index in [0.29, 0.717) is 5.56 Å². The summed E-state index contributed by atoms with van der Waals surface area (Å²) < 4.78 is 5.37. The summed E-state index contributed by atoms with van der Waals surface area (Å²) in [5, 5.41) is 3.06. The summed E-state index contributed by atoms with van der Waals surface area (Å²) in [6.45, 7) is 7.38. The molecule has 1 aliphatic heterocycles. The highest BCUT2D eigenvalue weighted by Gasteiger charge is 2.14. The van der Waals surface area contributed by atoms with Gasteiger partial charge in [-0.2, -0.15) is 0 Å². The van der Waals surface area contributed by atoms with Gasteiger partial charge in [0.2, 0.25) is 0 Å². The zero-order valence-corrected chi connectivity index (χ0v) is 14.3. The molecular formula is C20H24N2O2. The van der Waals surface area contributed by atoms with Crippen molar-refractivity contribution in [3.63, 3.8) is 0 Å². The lowest BCUT2D eigenvalue weighted by Crippen LogP contribution is -2.36. The lowest BCUT2D eigenvalue weighted by molar-refractivity contribution is 0.0940. The number of hydrogen-bond donors (Lipinski definition) is 1. The number of hydrogen-bond acceptors (Lipinski definition) is 3. The number of ether oxygens (including phenoxy) is 1. The second-order valence-corrected chi connectivity index (χ2v) is 6.25. The summed E-state index contributed by atoms with van der Waals surface area (Å²) in [6, 6.07) is 16.0. The number of amides is 1. The second kappa shape index (κ2) is 7.49. The fourth-order valence-corrected chi connectivity index (χ4v) is 2.86. The number of carbonyl (C=O) groups excluding carboxylic acids is 1. The van der Waals surface area contributed by atoms with Gasteiger partial charge in [-0.05, 0) is 43.7 Å². The predicted molar refractivity (Wildman–Crippen MR) is 96.5 cm³/mol. The van der Waals surface area contributed by atoms with E-state index in [0.717, 1.165) is 37.6 Å². The van der Waals surface area contributed by atoms with Crippen molar-refractivity contribution in [1.82, 2.24) is 5.32 Å². The zero-order valence-electron chi connectivity index (χ0n) is 14.3. The lowest BCUT2D eigenvalue weighted by Gasteiger charge is -2.28. The summed E-state index contributed by atoms with van der Waals surface area (Å²) >= 11 is 0. The Balaban J connectivity index is 1.63. The normalized spacial score (nSPS) is 15.8. The van der Waals surface area contributed by atoms with Gasteiger partial charge in [-0.15, -0.1) is 0 Å². The topological polar surface area (TPSA) is 41.6 Å². The molecule has 0 unspecified atom stereocenters. The molecule has 3 rings (SSSR count). The summed E-state index contributed by atoms with van der Waals surface area (Å²) in [7, 11) is 0. The molecule has 1 N–H and O–H groups in total. The second-order valence-electron chi connectivity index (χ2n) is 6.25. The van der Waals surface area contributed by atoms with Gasteiger partial charge in [0.15, 0.2) is 0 Å². The third-order valence-electron chi connectivity index (χ3n) is 4.43. The van der Waals surface area contributed by atoms with Crippen LogP contribution in [0, 0.1) is 6.92 Å². The Hall–Kier alpha value is -2.33. The lowest BCUT2D eigenvalue weighted by atomic mass is 10.1. The first-order chi connectivity index (χ1) is 11.6. The maximum Gasteiger partial charge on any atom is 0.251 e. The average Bonchev–Trinajstić information content (AvgIpc) is 2.63. The number of morpholine rings is 1. The van der Waals surface area contributed by atoms with Crippen molar-refractivity contribution in [2.24, 2.45) is 0 Å². The summed E-state index contributed by atoms with van der Waals surface area (Å²) in [5.74, 6) is -0.0448. The Bertz CT molecular complexity index is 674. The van der Waals surface area contributed by atoms with Gasteiger partial charge < -0.3 is 15.0 Å². The number of rotatable bonds is 4. The molecule has 1 aliphatic rings. The number of nitrogens with zero attached hydrogens (tertiary/aromatic N) is 1. The fourth-order valence-electron chi connectivity index (χ4n) is 2.86. The van der Waals surface area contributed by atoms with Crippen molar-refractivity contribution in [3.05, 3.63) is 65.2 Å². The number of benzene rings is 2. The first-order valence-corrected chi connectivity index (χ1v) is 8.43. The smallest absolute Gasteiger partial charge is 0.251 e. The van der Waals surface area contributed by atoms with Gasteiger partial charge in [0.25, 0.3) is 5.91 Å². The molecule has 0 aliphatic carbocycles. The van der Waals surface area contributed by atoms with Crippen molar-refractivity contribution in [3.8, 4) is 0 Å². The minimum Gasteiger partial charge on any atom is -0.378 e. The quantitative estimate of drug-likeness (QED) is 0.938. The van der Waals surface area contributed by atoms with E-state index in [9.17, 15) is 4.79 Å². The van der Waals surface area contributed by atoms with E-state index in [4.69, 9.17) is 4.74 Å². The van der Waals surface area contributed by atoms with Crippen LogP contribution in [0.1, 0.15) is 34.5 Å². The molecule has 1 atom stereocenters. The molecule has 4 heteroatoms. The van der Waals surface area contributed by atoms with Crippen LogP contribution < -0.4 is 10.2 Å². The molecule has 0 radical (unpaired) electrons. The van der Waals surface area contributed by atoms with Crippen LogP contribution in [0.4, 0.5) is 5.69 Å². The third-order valence-corrected chi connectivity index (χ3v) is 4.43. The number of carbonyl (C=O) groups is 1. The van der Waals surface area contributed by atoms with Crippen molar-refractivity contribution in [2.75, 3.05) is 31.2 Å². The molecule has 24 heavy (non-hydrogen) atoms. The minimum atomic E-state index is -0.0448. The Morgan fingerprint density at radius 1 is 1.04 bits per heavy atom. The van der Waals surface area contributed by atoms with Gasteiger partial charge >= 0.3 is 0 Å². The van der Waals surface area contributed by atoms with Crippen LogP contribution in [-0.4, -0.2) is 32.2 Å². The van der Waals surface area contributed by atoms with Gasteiger partial charge in [-0.1, -0.05) is 29.8 Å². The maximum atomic E-state index is 12.4. The molecule has 126 valence electrons. The minimum absolute atomic E-state index is 0.0166. The van der Waals surface area contributed by atoms with Crippen LogP contribution in [-0.2, 0) is 4.74 Å². The van der Waals surface area contributed by atoms with Crippen LogP contribution in [0.5, 0.6) is 0 Å². The van der Waals surface area contributed by atoms with Gasteiger partial charge in [0, 0.05) is 24.3 Å². The van der Waals surface area contributed by atoms with Crippen molar-refractivity contribution in [1.29, 1.82) is 0 Å². The molecule has 1 heterocycles. The first-order valence-electron chi connectivity index (χ1n) is 8.43. The molecule has 0 spiro atoms. The van der Waals surface area contributed by atoms with E-state index in [1.165, 1.54) is 5.56 Å². The third kappa shape index (κ3) is 3.95. The molecule has 1 amide bonds. The summed E-state index contributed by atoms with van der Waals surface area (Å²) in [5.41, 5.74) is 4.15. The molecule has 2 aromatic carbocycles. The Kier molecular flexibility index (Phi) is 5.16. The molecule has 0 aromatic heterocycles. The van der Waals surface area contributed by atoms with Gasteiger partial charge in [0.1, 0.15) is 0 Å². The van der Waals surface area contributed by atoms with E-state index in [2.05, 4.69) is 41.4 Å². The summed E-state index contributed by atoms with van der Waals surface area (Å²) in [6.07, 6.45) is 0. The van der Waals surface area contributed by atoms with E-state index >= 15 is 0 Å². The van der Waals surface area contributed by atoms with E-state index < -0.39 is 0 Å². The average molecular weight is 324 g/mol. The van der Waals surface area contributed by atoms with Crippen LogP contribution in [0.3, 0.4) is 0 Å². The highest BCUT2D eigenvalue weighted by atomic mass is 16.5. The Morgan fingerprint density at radius 3 is 2.29 bits per heavy atom. The van der Waals surface area contributed by atoms with Crippen molar-refractivity contribution < 1.29 is 9.53 Å². The fraction of sp³-hybridized carbons (Fsp3) is 0.350. The van der Waals surface area contributed by atoms with Crippen LogP contribution in [0.2, 0.25) is 0 Å². The highest BCUT2D eigenvalue weighted by molar-refractivity contribution is 5.94. The number of aryl methyl sites for hydroxylation is 1. The molecule has 2 aromatic rings. The predicted octanol–water partition coefficient (Wildman–Crippen LogP) is 3.32. The maximum absolute atomic E-state index is 12.4. The van der Waals surface area contributed by atoms with Crippen molar-refractivity contribution >= 4 is 11.6 Å². The monoisotopic (exact) mass is 324 g/mol. The largest absolute Gasteiger partial charge is 0.378 e. The Morgan fingerprint density at radius 2 is 1.67 bits per heavy atom. The molecular weight excluding hydrogens is 300 g/mol. The van der Waals surface area contributed by atoms with Crippen LogP contribution in [0.25, 0.3) is 0 Å². The molecule has 1 fully saturated rings. The van der Waals surface area contributed by atoms with Gasteiger partial charge in [-0.3, -0.25) is 4.79 Å². The zero-order chi connectivity index (χ0) is 16.9. The van der Waals surface area contributed by atoms with E-state index in [1.807, 2.05) is 31.2 Å². The molecule has 0 saturated carbocycles. The van der Waals surface area contributed by atoms with Gasteiger partial charge in [-0.25, -0.2) is 0 Å². The van der Waals surface area contributed by atoms with Crippen molar-refractivity contribution in [2.45, 2.75) is 19.9 Å². The molecule has 1 saturated heterocycles. The molecule has 4 nitrogen and oxygen atoms in total. The van der Waals surface area contributed by atoms with E-state index in [-0.39, 0.29) is 11.9 Å². The first kappa shape index (κ1) is 16.5. The standard InChI is InChI=1S/C20H24N2O2/c1-15-3-5-17(6-4-15)16(2)21-20(23)18-7-9-19(10-8-18)22-11-13-24-14-12-22/h3-10,16H,11-14H2,1-2H3,(H,21,23)/t16-/m1/s1. The SMILES string of the molecule is Cc1ccc([C@@H](C)NC(=O)c2ccc(N3CCOCC3)cc2)cc1. The van der Waals surface area contributed by atoms with E-state index in [1.54, 1.807) is 0 Å². The van der Waals surface area contributed by atoms with Crippen LogP contribution in [0.15, 0.2) is 48.5 Å². The van der Waals surface area contributed by atoms with Gasteiger partial charge in [0.05, 0.1) is 19.3 Å². The number of anilines is 1. The van der Waals surface area contributed by atoms with Crippen LogP contribution >= 0.6 is 0 Å². The summed E-state index contributed by atoms with van der Waals surface area (Å²) in [4.78, 5) is 14.7. The number of nitrogens with one attached hydrogen (secondary N) is 1. The highest BCUT2D eigenvalue weighted by Crippen LogP contribution is 2.18. The molecule has 0 bridgehead atoms.